The van der Waals surface area contributed by atoms with Crippen LogP contribution in [0.4, 0.5) is 4.79 Å². The summed E-state index contributed by atoms with van der Waals surface area (Å²) in [5, 5.41) is 2.64. The van der Waals surface area contributed by atoms with Crippen molar-refractivity contribution < 1.29 is 14.3 Å². The molecule has 2 aliphatic rings. The third-order valence-electron chi connectivity index (χ3n) is 2.86. The number of nitrogens with one attached hydrogen (secondary N) is 1. The highest BCUT2D eigenvalue weighted by atomic mass is 16.6. The molecule has 2 aliphatic heterocycles. The van der Waals surface area contributed by atoms with Crippen molar-refractivity contribution in [3.8, 4) is 0 Å². The Bertz CT molecular complexity index is 261. The average molecular weight is 212 g/mol. The number of nitrogens with zero attached hydrogens (tertiary/aromatic N) is 1. The molecule has 1 atom stereocenters. The van der Waals surface area contributed by atoms with Crippen molar-refractivity contribution in [3.63, 3.8) is 0 Å². The average Bonchev–Trinajstić information content (AvgIpc) is 2.66. The topological polar surface area (TPSA) is 58.6 Å². The highest BCUT2D eigenvalue weighted by molar-refractivity contribution is 5.85. The van der Waals surface area contributed by atoms with Gasteiger partial charge in [0.15, 0.2) is 6.10 Å². The molecule has 2 fully saturated rings. The predicted molar refractivity (Wildman–Crippen MR) is 53.3 cm³/mol. The van der Waals surface area contributed by atoms with Gasteiger partial charge in [-0.15, -0.1) is 0 Å². The fourth-order valence-electron chi connectivity index (χ4n) is 1.96. The zero-order valence-corrected chi connectivity index (χ0v) is 8.70. The second kappa shape index (κ2) is 4.51. The third-order valence-corrected chi connectivity index (χ3v) is 2.86. The summed E-state index contributed by atoms with van der Waals surface area (Å²) in [4.78, 5) is 24.5. The van der Waals surface area contributed by atoms with Gasteiger partial charge in [-0.1, -0.05) is 0 Å². The van der Waals surface area contributed by atoms with Gasteiger partial charge in [0.2, 0.25) is 0 Å². The van der Waals surface area contributed by atoms with Crippen LogP contribution < -0.4 is 5.32 Å². The van der Waals surface area contributed by atoms with E-state index in [9.17, 15) is 9.59 Å². The van der Waals surface area contributed by atoms with Gasteiger partial charge in [0.05, 0.1) is 0 Å². The van der Waals surface area contributed by atoms with Gasteiger partial charge in [-0.25, -0.2) is 4.79 Å². The molecule has 2 heterocycles. The highest BCUT2D eigenvalue weighted by Gasteiger charge is 2.29. The van der Waals surface area contributed by atoms with Crippen molar-refractivity contribution >= 4 is 12.0 Å². The van der Waals surface area contributed by atoms with Crippen molar-refractivity contribution in [3.05, 3.63) is 0 Å². The van der Waals surface area contributed by atoms with E-state index in [2.05, 4.69) is 5.32 Å². The first-order valence-corrected chi connectivity index (χ1v) is 5.50. The minimum Gasteiger partial charge on any atom is -0.436 e. The quantitative estimate of drug-likeness (QED) is 0.688. The maximum absolute atomic E-state index is 11.6. The van der Waals surface area contributed by atoms with E-state index in [0.717, 1.165) is 25.9 Å². The molecule has 5 nitrogen and oxygen atoms in total. The number of piperidine rings is 1. The number of rotatable bonds is 1. The molecular formula is C10H16N2O3. The molecule has 2 rings (SSSR count). The molecule has 0 bridgehead atoms. The highest BCUT2D eigenvalue weighted by Crippen LogP contribution is 2.12. The number of hydrogen-bond acceptors (Lipinski definition) is 3. The Labute approximate surface area is 88.8 Å². The molecule has 0 aliphatic carbocycles. The van der Waals surface area contributed by atoms with Gasteiger partial charge >= 0.3 is 6.09 Å². The normalized spacial score (nSPS) is 26.3. The van der Waals surface area contributed by atoms with Crippen LogP contribution >= 0.6 is 0 Å². The third kappa shape index (κ3) is 2.40. The zero-order valence-electron chi connectivity index (χ0n) is 8.70. The molecule has 1 N–H and O–H groups in total. The van der Waals surface area contributed by atoms with E-state index in [-0.39, 0.29) is 12.0 Å². The van der Waals surface area contributed by atoms with E-state index in [0.29, 0.717) is 13.0 Å². The van der Waals surface area contributed by atoms with Crippen LogP contribution in [0.2, 0.25) is 0 Å². The lowest BCUT2D eigenvalue weighted by atomic mass is 10.1. The Morgan fingerprint density at radius 1 is 1.33 bits per heavy atom. The van der Waals surface area contributed by atoms with Crippen LogP contribution in [0, 0.1) is 0 Å². The lowest BCUT2D eigenvalue weighted by molar-refractivity contribution is -0.126. The van der Waals surface area contributed by atoms with Gasteiger partial charge in [0, 0.05) is 26.1 Å². The molecule has 0 saturated carbocycles. The molecule has 2 amide bonds. The summed E-state index contributed by atoms with van der Waals surface area (Å²) in [5.41, 5.74) is 0. The molecule has 84 valence electrons. The van der Waals surface area contributed by atoms with E-state index in [1.165, 1.54) is 6.42 Å². The summed E-state index contributed by atoms with van der Waals surface area (Å²) in [6.45, 7) is 2.12. The number of likely N-dealkylation sites (tertiary alicyclic amines) is 1. The fourth-order valence-corrected chi connectivity index (χ4v) is 1.96. The summed E-state index contributed by atoms with van der Waals surface area (Å²) < 4.78 is 5.14. The number of carbonyl (C=O) groups is 2. The molecular weight excluding hydrogens is 196 g/mol. The maximum Gasteiger partial charge on any atom is 0.410 e. The van der Waals surface area contributed by atoms with Crippen molar-refractivity contribution in [2.75, 3.05) is 19.6 Å². The number of ether oxygens (including phenoxy) is 1. The summed E-state index contributed by atoms with van der Waals surface area (Å²) in [7, 11) is 0. The van der Waals surface area contributed by atoms with Crippen molar-refractivity contribution in [1.29, 1.82) is 0 Å². The van der Waals surface area contributed by atoms with Crippen LogP contribution in [0.15, 0.2) is 0 Å². The molecule has 5 heteroatoms. The Kier molecular flexibility index (Phi) is 3.08. The second-order valence-corrected chi connectivity index (χ2v) is 4.00. The summed E-state index contributed by atoms with van der Waals surface area (Å²) in [6.07, 6.45) is 2.93. The number of carbonyl (C=O) groups excluding carboxylic acids is 2. The van der Waals surface area contributed by atoms with Crippen LogP contribution in [0.25, 0.3) is 0 Å². The molecule has 0 aromatic rings. The standard InChI is InChI=1S/C10H16N2O3/c13-9-8(4-5-11-9)15-10(14)12-6-2-1-3-7-12/h8H,1-7H2,(H,11,13). The lowest BCUT2D eigenvalue weighted by Gasteiger charge is -2.26. The second-order valence-electron chi connectivity index (χ2n) is 4.00. The first kappa shape index (κ1) is 10.3. The molecule has 0 aromatic carbocycles. The lowest BCUT2D eigenvalue weighted by Crippen LogP contribution is -2.39. The van der Waals surface area contributed by atoms with E-state index in [1.807, 2.05) is 0 Å². The molecule has 2 saturated heterocycles. The van der Waals surface area contributed by atoms with Gasteiger partial charge in [0.25, 0.3) is 5.91 Å². The van der Waals surface area contributed by atoms with Gasteiger partial charge < -0.3 is 15.0 Å². The predicted octanol–water partition coefficient (Wildman–Crippen LogP) is 0.497. The summed E-state index contributed by atoms with van der Waals surface area (Å²) in [5.74, 6) is -0.166. The van der Waals surface area contributed by atoms with Gasteiger partial charge in [0.1, 0.15) is 0 Å². The van der Waals surface area contributed by atoms with Crippen LogP contribution in [-0.4, -0.2) is 42.6 Å². The van der Waals surface area contributed by atoms with Crippen LogP contribution in [0.1, 0.15) is 25.7 Å². The van der Waals surface area contributed by atoms with Gasteiger partial charge in [-0.3, -0.25) is 4.79 Å². The molecule has 0 radical (unpaired) electrons. The monoisotopic (exact) mass is 212 g/mol. The van der Waals surface area contributed by atoms with Crippen molar-refractivity contribution in [2.45, 2.75) is 31.8 Å². The number of amides is 2. The van der Waals surface area contributed by atoms with Crippen molar-refractivity contribution in [1.82, 2.24) is 10.2 Å². The molecule has 0 aromatic heterocycles. The molecule has 0 spiro atoms. The zero-order chi connectivity index (χ0) is 10.7. The molecule has 1 unspecified atom stereocenters. The van der Waals surface area contributed by atoms with Gasteiger partial charge in [-0.05, 0) is 19.3 Å². The number of hydrogen-bond donors (Lipinski definition) is 1. The smallest absolute Gasteiger partial charge is 0.410 e. The summed E-state index contributed by atoms with van der Waals surface area (Å²) >= 11 is 0. The van der Waals surface area contributed by atoms with E-state index >= 15 is 0 Å². The maximum atomic E-state index is 11.6. The van der Waals surface area contributed by atoms with Crippen LogP contribution in [0.3, 0.4) is 0 Å². The minimum absolute atomic E-state index is 0.166. The Morgan fingerprint density at radius 3 is 2.67 bits per heavy atom. The van der Waals surface area contributed by atoms with E-state index in [1.54, 1.807) is 4.90 Å². The summed E-state index contributed by atoms with van der Waals surface area (Å²) in [6, 6.07) is 0. The Morgan fingerprint density at radius 2 is 2.07 bits per heavy atom. The van der Waals surface area contributed by atoms with Gasteiger partial charge in [-0.2, -0.15) is 0 Å². The largest absolute Gasteiger partial charge is 0.436 e. The SMILES string of the molecule is O=C1NCCC1OC(=O)N1CCCCC1. The first-order valence-electron chi connectivity index (χ1n) is 5.50. The first-order chi connectivity index (χ1) is 7.27. The Hall–Kier alpha value is -1.26. The Balaban J connectivity index is 1.82. The van der Waals surface area contributed by atoms with E-state index in [4.69, 9.17) is 4.74 Å². The molecule has 15 heavy (non-hydrogen) atoms. The minimum atomic E-state index is -0.570. The van der Waals surface area contributed by atoms with Crippen LogP contribution in [0.5, 0.6) is 0 Å². The van der Waals surface area contributed by atoms with E-state index < -0.39 is 6.10 Å². The fraction of sp³-hybridized carbons (Fsp3) is 0.800. The van der Waals surface area contributed by atoms with Crippen molar-refractivity contribution in [2.24, 2.45) is 0 Å². The van der Waals surface area contributed by atoms with Crippen LogP contribution in [-0.2, 0) is 9.53 Å².